The normalized spacial score (nSPS) is 17.1. The van der Waals surface area contributed by atoms with E-state index < -0.39 is 0 Å². The van der Waals surface area contributed by atoms with Gasteiger partial charge >= 0.3 is 0 Å². The molecule has 6 heteroatoms. The van der Waals surface area contributed by atoms with Gasteiger partial charge in [-0.3, -0.25) is 9.59 Å². The van der Waals surface area contributed by atoms with Gasteiger partial charge in [-0.25, -0.2) is 4.98 Å². The number of fused-ring (bicyclic) bond motifs is 1. The van der Waals surface area contributed by atoms with E-state index in [1.54, 1.807) is 0 Å². The van der Waals surface area contributed by atoms with E-state index in [9.17, 15) is 9.59 Å². The number of piperidine rings is 1. The van der Waals surface area contributed by atoms with E-state index in [4.69, 9.17) is 0 Å². The van der Waals surface area contributed by atoms with Crippen molar-refractivity contribution in [1.29, 1.82) is 0 Å². The van der Waals surface area contributed by atoms with Gasteiger partial charge in [-0.1, -0.05) is 36.8 Å². The number of carbonyl (C=O) groups excluding carboxylic acids is 2. The van der Waals surface area contributed by atoms with Gasteiger partial charge in [0.15, 0.2) is 5.82 Å². The van der Waals surface area contributed by atoms with Crippen molar-refractivity contribution < 1.29 is 9.59 Å². The molecule has 0 aliphatic carbocycles. The maximum absolute atomic E-state index is 13.1. The molecule has 1 aromatic heterocycles. The van der Waals surface area contributed by atoms with Gasteiger partial charge in [0.2, 0.25) is 0 Å². The van der Waals surface area contributed by atoms with Crippen LogP contribution >= 0.6 is 0 Å². The topological polar surface area (TPSA) is 67.2 Å². The van der Waals surface area contributed by atoms with Gasteiger partial charge in [-0.05, 0) is 50.5 Å². The molecule has 2 amide bonds. The number of likely N-dealkylation sites (tertiary alicyclic amines) is 1. The molecule has 0 atom stereocenters. The molecule has 0 spiro atoms. The van der Waals surface area contributed by atoms with Gasteiger partial charge in [0, 0.05) is 26.2 Å². The summed E-state index contributed by atoms with van der Waals surface area (Å²) in [4.78, 5) is 32.5. The van der Waals surface area contributed by atoms with Crippen molar-refractivity contribution in [3.05, 3.63) is 52.6 Å². The van der Waals surface area contributed by atoms with Crippen LogP contribution in [0.5, 0.6) is 0 Å². The Bertz CT molecular complexity index is 910. The second-order valence-corrected chi connectivity index (χ2v) is 8.49. The molecular weight excluding hydrogens is 364 g/mol. The van der Waals surface area contributed by atoms with Crippen molar-refractivity contribution in [2.24, 2.45) is 5.92 Å². The minimum Gasteiger partial charge on any atom is -0.347 e. The fourth-order valence-corrected chi connectivity index (χ4v) is 4.33. The van der Waals surface area contributed by atoms with Gasteiger partial charge < -0.3 is 14.8 Å². The van der Waals surface area contributed by atoms with Gasteiger partial charge in [0.05, 0.1) is 5.69 Å². The van der Waals surface area contributed by atoms with Gasteiger partial charge in [-0.2, -0.15) is 0 Å². The van der Waals surface area contributed by atoms with Crippen LogP contribution in [0.15, 0.2) is 24.3 Å². The Morgan fingerprint density at radius 1 is 1.17 bits per heavy atom. The molecular formula is C23H30N4O2. The molecule has 3 heterocycles. The van der Waals surface area contributed by atoms with Gasteiger partial charge in [0.25, 0.3) is 11.8 Å². The standard InChI is InChI=1S/C23H30N4O2/c1-16-9-12-26(13-10-16)23(29)21-25-20(19-8-3-4-11-27(19)21)22(28)24-15-18-7-5-6-17(2)14-18/h5-7,14,16H,3-4,8-13,15H2,1-2H3,(H,24,28). The molecule has 0 saturated carbocycles. The van der Waals surface area contributed by atoms with Crippen LogP contribution < -0.4 is 5.32 Å². The van der Waals surface area contributed by atoms with Crippen molar-refractivity contribution in [3.63, 3.8) is 0 Å². The third-order valence-corrected chi connectivity index (χ3v) is 6.13. The SMILES string of the molecule is Cc1cccc(CNC(=O)c2nc(C(=O)N3CCC(C)CC3)n3c2CCCC3)c1. The van der Waals surface area contributed by atoms with E-state index in [0.717, 1.165) is 63.0 Å². The first-order valence-electron chi connectivity index (χ1n) is 10.8. The first-order chi connectivity index (χ1) is 14.0. The Kier molecular flexibility index (Phi) is 5.69. The fraction of sp³-hybridized carbons (Fsp3) is 0.522. The molecule has 0 unspecified atom stereocenters. The summed E-state index contributed by atoms with van der Waals surface area (Å²) in [5.74, 6) is 0.882. The molecule has 1 aromatic carbocycles. The molecule has 4 rings (SSSR count). The highest BCUT2D eigenvalue weighted by Crippen LogP contribution is 2.24. The Morgan fingerprint density at radius 2 is 1.97 bits per heavy atom. The van der Waals surface area contributed by atoms with Crippen LogP contribution in [0.3, 0.4) is 0 Å². The highest BCUT2D eigenvalue weighted by molar-refractivity contribution is 5.97. The third kappa shape index (κ3) is 4.21. The Hall–Kier alpha value is -2.63. The number of nitrogens with zero attached hydrogens (tertiary/aromatic N) is 3. The predicted octanol–water partition coefficient (Wildman–Crippen LogP) is 3.33. The maximum atomic E-state index is 13.1. The van der Waals surface area contributed by atoms with Gasteiger partial charge in [-0.15, -0.1) is 0 Å². The number of amides is 2. The number of rotatable bonds is 4. The lowest BCUT2D eigenvalue weighted by atomic mass is 9.99. The lowest BCUT2D eigenvalue weighted by molar-refractivity contribution is 0.0678. The summed E-state index contributed by atoms with van der Waals surface area (Å²) in [6.45, 7) is 7.04. The van der Waals surface area contributed by atoms with Crippen LogP contribution in [0.25, 0.3) is 0 Å². The molecule has 2 aliphatic heterocycles. The summed E-state index contributed by atoms with van der Waals surface area (Å²) in [6.07, 6.45) is 4.90. The van der Waals surface area contributed by atoms with E-state index in [0.29, 0.717) is 24.0 Å². The summed E-state index contributed by atoms with van der Waals surface area (Å²) in [6, 6.07) is 8.10. The summed E-state index contributed by atoms with van der Waals surface area (Å²) < 4.78 is 1.99. The highest BCUT2D eigenvalue weighted by Gasteiger charge is 2.31. The van der Waals surface area contributed by atoms with Crippen LogP contribution in [0.1, 0.15) is 70.5 Å². The van der Waals surface area contributed by atoms with Crippen LogP contribution in [0.4, 0.5) is 0 Å². The number of nitrogens with one attached hydrogen (secondary N) is 1. The quantitative estimate of drug-likeness (QED) is 0.865. The number of benzene rings is 1. The molecule has 0 radical (unpaired) electrons. The van der Waals surface area contributed by atoms with Crippen molar-refractivity contribution in [2.75, 3.05) is 13.1 Å². The summed E-state index contributed by atoms with van der Waals surface area (Å²) in [7, 11) is 0. The average molecular weight is 395 g/mol. The van der Waals surface area contributed by atoms with Crippen LogP contribution in [0.2, 0.25) is 0 Å². The van der Waals surface area contributed by atoms with E-state index in [1.165, 1.54) is 5.56 Å². The van der Waals surface area contributed by atoms with Crippen molar-refractivity contribution >= 4 is 11.8 Å². The smallest absolute Gasteiger partial charge is 0.289 e. The number of aromatic nitrogens is 2. The van der Waals surface area contributed by atoms with Crippen LogP contribution in [-0.4, -0.2) is 39.4 Å². The molecule has 6 nitrogen and oxygen atoms in total. The van der Waals surface area contributed by atoms with E-state index in [-0.39, 0.29) is 11.8 Å². The monoisotopic (exact) mass is 394 g/mol. The zero-order chi connectivity index (χ0) is 20.4. The number of hydrogen-bond acceptors (Lipinski definition) is 3. The fourth-order valence-electron chi connectivity index (χ4n) is 4.33. The minimum absolute atomic E-state index is 0.0298. The summed E-state index contributed by atoms with van der Waals surface area (Å²) >= 11 is 0. The molecule has 154 valence electrons. The van der Waals surface area contributed by atoms with E-state index >= 15 is 0 Å². The molecule has 29 heavy (non-hydrogen) atoms. The van der Waals surface area contributed by atoms with Crippen molar-refractivity contribution in [1.82, 2.24) is 19.8 Å². The molecule has 2 aliphatic rings. The molecule has 1 saturated heterocycles. The van der Waals surface area contributed by atoms with Crippen LogP contribution in [0, 0.1) is 12.8 Å². The number of carbonyl (C=O) groups is 2. The first-order valence-corrected chi connectivity index (χ1v) is 10.8. The zero-order valence-electron chi connectivity index (χ0n) is 17.4. The Labute approximate surface area is 172 Å². The lowest BCUT2D eigenvalue weighted by Crippen LogP contribution is -2.39. The van der Waals surface area contributed by atoms with Crippen molar-refractivity contribution in [3.8, 4) is 0 Å². The first kappa shape index (κ1) is 19.7. The number of aryl methyl sites for hydroxylation is 1. The minimum atomic E-state index is -0.191. The second-order valence-electron chi connectivity index (χ2n) is 8.49. The van der Waals surface area contributed by atoms with Gasteiger partial charge in [0.1, 0.15) is 5.69 Å². The van der Waals surface area contributed by atoms with Crippen molar-refractivity contribution in [2.45, 2.75) is 59.0 Å². The van der Waals surface area contributed by atoms with E-state index in [1.807, 2.05) is 34.6 Å². The van der Waals surface area contributed by atoms with Crippen LogP contribution in [-0.2, 0) is 19.5 Å². The number of hydrogen-bond donors (Lipinski definition) is 1. The second kappa shape index (κ2) is 8.39. The molecule has 1 N–H and O–H groups in total. The predicted molar refractivity (Wildman–Crippen MR) is 112 cm³/mol. The maximum Gasteiger partial charge on any atom is 0.289 e. The Balaban J connectivity index is 1.54. The molecule has 2 aromatic rings. The summed E-state index contributed by atoms with van der Waals surface area (Å²) in [5.41, 5.74) is 3.56. The summed E-state index contributed by atoms with van der Waals surface area (Å²) in [5, 5.41) is 2.99. The molecule has 1 fully saturated rings. The Morgan fingerprint density at radius 3 is 2.72 bits per heavy atom. The zero-order valence-corrected chi connectivity index (χ0v) is 17.4. The van der Waals surface area contributed by atoms with E-state index in [2.05, 4.69) is 23.3 Å². The third-order valence-electron chi connectivity index (χ3n) is 6.13. The molecule has 0 bridgehead atoms. The average Bonchev–Trinajstić information content (AvgIpc) is 3.12. The highest BCUT2D eigenvalue weighted by atomic mass is 16.2. The largest absolute Gasteiger partial charge is 0.347 e. The lowest BCUT2D eigenvalue weighted by Gasteiger charge is -2.30. The number of imidazole rings is 1.